The van der Waals surface area contributed by atoms with Gasteiger partial charge in [-0.1, -0.05) is 24.3 Å². The van der Waals surface area contributed by atoms with E-state index in [1.54, 1.807) is 19.4 Å². The molecule has 3 aromatic rings. The Hall–Kier alpha value is -3.32. The SMILES string of the molecule is COCc1ccc(C(=O)N2CCCCC2c2nc(N(C)C)ncc2-c2cccc(F)c2)cc1. The molecule has 1 saturated heterocycles. The minimum atomic E-state index is -0.317. The first-order valence-electron chi connectivity index (χ1n) is 11.2. The van der Waals surface area contributed by atoms with Gasteiger partial charge in [0.05, 0.1) is 18.3 Å². The van der Waals surface area contributed by atoms with Gasteiger partial charge in [0.15, 0.2) is 0 Å². The average Bonchev–Trinajstić information content (AvgIpc) is 2.84. The highest BCUT2D eigenvalue weighted by atomic mass is 19.1. The van der Waals surface area contributed by atoms with Gasteiger partial charge in [-0.05, 0) is 54.7 Å². The van der Waals surface area contributed by atoms with Gasteiger partial charge in [0.2, 0.25) is 5.95 Å². The summed E-state index contributed by atoms with van der Waals surface area (Å²) < 4.78 is 19.2. The fourth-order valence-corrected chi connectivity index (χ4v) is 4.27. The Kier molecular flexibility index (Phi) is 6.99. The van der Waals surface area contributed by atoms with E-state index in [1.807, 2.05) is 54.2 Å². The molecule has 0 bridgehead atoms. The van der Waals surface area contributed by atoms with Crippen LogP contribution in [0, 0.1) is 5.82 Å². The summed E-state index contributed by atoms with van der Waals surface area (Å²) in [5, 5.41) is 0. The van der Waals surface area contributed by atoms with Crippen molar-refractivity contribution in [3.8, 4) is 11.1 Å². The number of methoxy groups -OCH3 is 1. The Balaban J connectivity index is 1.74. The second-order valence-corrected chi connectivity index (χ2v) is 8.51. The van der Waals surface area contributed by atoms with Crippen LogP contribution in [0.4, 0.5) is 10.3 Å². The first-order chi connectivity index (χ1) is 16.0. The molecule has 1 unspecified atom stereocenters. The number of anilines is 1. The summed E-state index contributed by atoms with van der Waals surface area (Å²) >= 11 is 0. The summed E-state index contributed by atoms with van der Waals surface area (Å²) in [6.45, 7) is 1.15. The molecule has 1 aliphatic heterocycles. The molecular weight excluding hydrogens is 419 g/mol. The third kappa shape index (κ3) is 5.03. The maximum absolute atomic E-state index is 14.0. The lowest BCUT2D eigenvalue weighted by Crippen LogP contribution is -2.39. The number of rotatable bonds is 6. The highest BCUT2D eigenvalue weighted by molar-refractivity contribution is 5.94. The number of piperidine rings is 1. The number of aromatic nitrogens is 2. The van der Waals surface area contributed by atoms with Crippen LogP contribution in [0.25, 0.3) is 11.1 Å². The maximum atomic E-state index is 14.0. The van der Waals surface area contributed by atoms with Gasteiger partial charge in [-0.25, -0.2) is 14.4 Å². The molecule has 4 rings (SSSR count). The fourth-order valence-electron chi connectivity index (χ4n) is 4.27. The van der Waals surface area contributed by atoms with E-state index < -0.39 is 0 Å². The van der Waals surface area contributed by atoms with Gasteiger partial charge in [-0.3, -0.25) is 4.79 Å². The number of benzene rings is 2. The molecule has 7 heteroatoms. The lowest BCUT2D eigenvalue weighted by atomic mass is 9.93. The van der Waals surface area contributed by atoms with E-state index >= 15 is 0 Å². The molecule has 0 saturated carbocycles. The van der Waals surface area contributed by atoms with Gasteiger partial charge in [-0.2, -0.15) is 0 Å². The highest BCUT2D eigenvalue weighted by Gasteiger charge is 2.32. The van der Waals surface area contributed by atoms with E-state index in [9.17, 15) is 9.18 Å². The summed E-state index contributed by atoms with van der Waals surface area (Å²) in [5.41, 5.74) is 3.86. The Bertz CT molecular complexity index is 1120. The van der Waals surface area contributed by atoms with E-state index in [0.29, 0.717) is 30.2 Å². The molecule has 172 valence electrons. The lowest BCUT2D eigenvalue weighted by molar-refractivity contribution is 0.0606. The standard InChI is InChI=1S/C26H29FN4O2/c1-30(2)26-28-16-22(20-7-6-8-21(27)15-20)24(29-26)23-9-4-5-14-31(23)25(32)19-12-10-18(11-13-19)17-33-3/h6-8,10-13,15-16,23H,4-5,9,14,17H2,1-3H3. The van der Waals surface area contributed by atoms with E-state index in [0.717, 1.165) is 36.1 Å². The van der Waals surface area contributed by atoms with Crippen molar-refractivity contribution in [3.05, 3.63) is 77.4 Å². The van der Waals surface area contributed by atoms with Crippen LogP contribution in [-0.4, -0.2) is 48.5 Å². The second kappa shape index (κ2) is 10.1. The topological polar surface area (TPSA) is 58.6 Å². The van der Waals surface area contributed by atoms with Crippen molar-refractivity contribution in [2.24, 2.45) is 0 Å². The van der Waals surface area contributed by atoms with Gasteiger partial charge in [0.25, 0.3) is 5.91 Å². The zero-order valence-electron chi connectivity index (χ0n) is 19.3. The molecule has 1 aromatic heterocycles. The molecular formula is C26H29FN4O2. The van der Waals surface area contributed by atoms with E-state index in [-0.39, 0.29) is 17.8 Å². The minimum absolute atomic E-state index is 0.0288. The van der Waals surface area contributed by atoms with Crippen molar-refractivity contribution in [3.63, 3.8) is 0 Å². The van der Waals surface area contributed by atoms with Crippen molar-refractivity contribution < 1.29 is 13.9 Å². The number of carbonyl (C=O) groups is 1. The summed E-state index contributed by atoms with van der Waals surface area (Å²) in [4.78, 5) is 26.6. The Morgan fingerprint density at radius 1 is 1.18 bits per heavy atom. The van der Waals surface area contributed by atoms with Gasteiger partial charge in [0.1, 0.15) is 5.82 Å². The first-order valence-corrected chi connectivity index (χ1v) is 11.2. The van der Waals surface area contributed by atoms with Crippen molar-refractivity contribution in [2.75, 3.05) is 32.6 Å². The van der Waals surface area contributed by atoms with E-state index in [4.69, 9.17) is 9.72 Å². The number of hydrogen-bond donors (Lipinski definition) is 0. The number of likely N-dealkylation sites (tertiary alicyclic amines) is 1. The molecule has 2 aromatic carbocycles. The summed E-state index contributed by atoms with van der Waals surface area (Å²) in [5.74, 6) is 0.216. The number of halogens is 1. The van der Waals surface area contributed by atoms with Crippen LogP contribution in [0.5, 0.6) is 0 Å². The molecule has 0 radical (unpaired) electrons. The van der Waals surface area contributed by atoms with Crippen molar-refractivity contribution >= 4 is 11.9 Å². The monoisotopic (exact) mass is 448 g/mol. The quantitative estimate of drug-likeness (QED) is 0.539. The van der Waals surface area contributed by atoms with Crippen LogP contribution in [0.1, 0.15) is 46.9 Å². The van der Waals surface area contributed by atoms with Crippen LogP contribution in [0.2, 0.25) is 0 Å². The Morgan fingerprint density at radius 3 is 2.67 bits per heavy atom. The highest BCUT2D eigenvalue weighted by Crippen LogP contribution is 2.37. The Morgan fingerprint density at radius 2 is 1.97 bits per heavy atom. The Labute approximate surface area is 194 Å². The molecule has 1 atom stereocenters. The van der Waals surface area contributed by atoms with Crippen molar-refractivity contribution in [1.29, 1.82) is 0 Å². The largest absolute Gasteiger partial charge is 0.380 e. The van der Waals surface area contributed by atoms with Gasteiger partial charge in [-0.15, -0.1) is 0 Å². The number of ether oxygens (including phenoxy) is 1. The summed E-state index contributed by atoms with van der Waals surface area (Å²) in [7, 11) is 5.41. The van der Waals surface area contributed by atoms with Gasteiger partial charge in [0, 0.05) is 45.1 Å². The number of carbonyl (C=O) groups excluding carboxylic acids is 1. The number of hydrogen-bond acceptors (Lipinski definition) is 5. The molecule has 0 spiro atoms. The van der Waals surface area contributed by atoms with Crippen LogP contribution < -0.4 is 4.90 Å². The molecule has 2 heterocycles. The van der Waals surface area contributed by atoms with E-state index in [2.05, 4.69) is 4.98 Å². The van der Waals surface area contributed by atoms with Crippen LogP contribution in [-0.2, 0) is 11.3 Å². The second-order valence-electron chi connectivity index (χ2n) is 8.51. The molecule has 6 nitrogen and oxygen atoms in total. The van der Waals surface area contributed by atoms with Gasteiger partial charge >= 0.3 is 0 Å². The molecule has 0 aliphatic carbocycles. The minimum Gasteiger partial charge on any atom is -0.380 e. The van der Waals surface area contributed by atoms with E-state index in [1.165, 1.54) is 12.1 Å². The first kappa shape index (κ1) is 22.9. The van der Waals surface area contributed by atoms with Crippen LogP contribution >= 0.6 is 0 Å². The van der Waals surface area contributed by atoms with Crippen LogP contribution in [0.3, 0.4) is 0 Å². The normalized spacial score (nSPS) is 16.0. The molecule has 0 N–H and O–H groups in total. The fraction of sp³-hybridized carbons (Fsp3) is 0.346. The van der Waals surface area contributed by atoms with Gasteiger partial charge < -0.3 is 14.5 Å². The number of nitrogens with zero attached hydrogens (tertiary/aromatic N) is 4. The third-order valence-corrected chi connectivity index (χ3v) is 5.93. The molecule has 33 heavy (non-hydrogen) atoms. The maximum Gasteiger partial charge on any atom is 0.254 e. The lowest BCUT2D eigenvalue weighted by Gasteiger charge is -2.36. The average molecular weight is 449 g/mol. The molecule has 1 fully saturated rings. The van der Waals surface area contributed by atoms with Crippen molar-refractivity contribution in [2.45, 2.75) is 31.9 Å². The zero-order valence-corrected chi connectivity index (χ0v) is 19.3. The zero-order chi connectivity index (χ0) is 23.4. The smallest absolute Gasteiger partial charge is 0.254 e. The molecule has 1 amide bonds. The number of amides is 1. The van der Waals surface area contributed by atoms with Crippen LogP contribution in [0.15, 0.2) is 54.7 Å². The third-order valence-electron chi connectivity index (χ3n) is 5.93. The summed E-state index contributed by atoms with van der Waals surface area (Å²) in [6.07, 6.45) is 4.46. The predicted octanol–water partition coefficient (Wildman–Crippen LogP) is 4.86. The van der Waals surface area contributed by atoms with Crippen molar-refractivity contribution in [1.82, 2.24) is 14.9 Å². The predicted molar refractivity (Wildman–Crippen MR) is 127 cm³/mol. The summed E-state index contributed by atoms with van der Waals surface area (Å²) in [6, 6.07) is 13.8. The molecule has 1 aliphatic rings.